The molecule has 0 aliphatic carbocycles. The molecule has 0 spiro atoms. The minimum atomic E-state index is -0.360. The number of rotatable bonds is 4. The molecule has 1 N–H and O–H groups in total. The highest BCUT2D eigenvalue weighted by Crippen LogP contribution is 2.21. The standard InChI is InChI=1S/C23H24FN3O/c1-16-13-21(20-14-18(24)7-8-22(20)25-16)23(28)26-19-9-11-27(12-10-19)15-17-5-3-2-4-6-17/h2-8,13-14,19H,9-12,15H2,1H3,(H,26,28). The molecule has 0 saturated carbocycles. The van der Waals surface area contributed by atoms with Crippen LogP contribution in [0.2, 0.25) is 0 Å². The predicted molar refractivity (Wildman–Crippen MR) is 109 cm³/mol. The molecule has 2 aromatic carbocycles. The van der Waals surface area contributed by atoms with Crippen LogP contribution in [0.25, 0.3) is 10.9 Å². The van der Waals surface area contributed by atoms with E-state index in [9.17, 15) is 9.18 Å². The van der Waals surface area contributed by atoms with Crippen molar-refractivity contribution in [3.63, 3.8) is 0 Å². The zero-order valence-corrected chi connectivity index (χ0v) is 16.0. The average Bonchev–Trinajstić information content (AvgIpc) is 2.70. The Hall–Kier alpha value is -2.79. The molecule has 2 heterocycles. The van der Waals surface area contributed by atoms with Gasteiger partial charge in [0.15, 0.2) is 0 Å². The van der Waals surface area contributed by atoms with E-state index in [1.54, 1.807) is 12.1 Å². The van der Waals surface area contributed by atoms with Crippen molar-refractivity contribution in [2.75, 3.05) is 13.1 Å². The molecule has 0 unspecified atom stereocenters. The largest absolute Gasteiger partial charge is 0.349 e. The maximum absolute atomic E-state index is 13.7. The molecule has 0 radical (unpaired) electrons. The summed E-state index contributed by atoms with van der Waals surface area (Å²) in [4.78, 5) is 19.7. The molecule has 0 atom stereocenters. The molecule has 1 aromatic heterocycles. The number of aromatic nitrogens is 1. The number of fused-ring (bicyclic) bond motifs is 1. The van der Waals surface area contributed by atoms with Gasteiger partial charge in [-0.2, -0.15) is 0 Å². The van der Waals surface area contributed by atoms with Gasteiger partial charge in [0.05, 0.1) is 11.1 Å². The topological polar surface area (TPSA) is 45.2 Å². The van der Waals surface area contributed by atoms with Crippen LogP contribution in [0.3, 0.4) is 0 Å². The molecule has 3 aromatic rings. The van der Waals surface area contributed by atoms with Crippen LogP contribution in [-0.2, 0) is 6.54 Å². The molecule has 1 saturated heterocycles. The van der Waals surface area contributed by atoms with Crippen LogP contribution in [0.5, 0.6) is 0 Å². The molecule has 1 aliphatic heterocycles. The fourth-order valence-electron chi connectivity index (χ4n) is 3.86. The quantitative estimate of drug-likeness (QED) is 0.745. The molecule has 1 aliphatic rings. The highest BCUT2D eigenvalue weighted by atomic mass is 19.1. The van der Waals surface area contributed by atoms with Crippen molar-refractivity contribution >= 4 is 16.8 Å². The van der Waals surface area contributed by atoms with Crippen LogP contribution in [0, 0.1) is 12.7 Å². The fraction of sp³-hybridized carbons (Fsp3) is 0.304. The number of pyridine rings is 1. The number of carbonyl (C=O) groups excluding carboxylic acids is 1. The normalized spacial score (nSPS) is 15.6. The highest BCUT2D eigenvalue weighted by molar-refractivity contribution is 6.06. The number of benzene rings is 2. The van der Waals surface area contributed by atoms with Crippen molar-refractivity contribution in [2.45, 2.75) is 32.4 Å². The van der Waals surface area contributed by atoms with E-state index in [0.717, 1.165) is 38.2 Å². The number of carbonyl (C=O) groups is 1. The molecule has 4 rings (SSSR count). The van der Waals surface area contributed by atoms with Crippen LogP contribution in [-0.4, -0.2) is 34.9 Å². The number of hydrogen-bond donors (Lipinski definition) is 1. The predicted octanol–water partition coefficient (Wildman–Crippen LogP) is 4.08. The third kappa shape index (κ3) is 4.20. The Morgan fingerprint density at radius 2 is 1.89 bits per heavy atom. The summed E-state index contributed by atoms with van der Waals surface area (Å²) in [6.07, 6.45) is 1.82. The van der Waals surface area contributed by atoms with Gasteiger partial charge in [0.25, 0.3) is 5.91 Å². The van der Waals surface area contributed by atoms with Gasteiger partial charge >= 0.3 is 0 Å². The maximum Gasteiger partial charge on any atom is 0.252 e. The van der Waals surface area contributed by atoms with E-state index in [1.165, 1.54) is 17.7 Å². The second kappa shape index (κ2) is 8.07. The Balaban J connectivity index is 1.41. The molecule has 1 amide bonds. The van der Waals surface area contributed by atoms with Crippen LogP contribution >= 0.6 is 0 Å². The van der Waals surface area contributed by atoms with Gasteiger partial charge in [0, 0.05) is 36.8 Å². The van der Waals surface area contributed by atoms with Gasteiger partial charge in [0.1, 0.15) is 5.82 Å². The number of nitrogens with zero attached hydrogens (tertiary/aromatic N) is 2. The average molecular weight is 377 g/mol. The van der Waals surface area contributed by atoms with Crippen molar-refractivity contribution in [2.24, 2.45) is 0 Å². The van der Waals surface area contributed by atoms with Crippen molar-refractivity contribution in [1.29, 1.82) is 0 Å². The Kier molecular flexibility index (Phi) is 5.35. The SMILES string of the molecule is Cc1cc(C(=O)NC2CCN(Cc3ccccc3)CC2)c2cc(F)ccc2n1. The summed E-state index contributed by atoms with van der Waals surface area (Å²) in [5.41, 5.74) is 3.20. The molecule has 0 bridgehead atoms. The summed E-state index contributed by atoms with van der Waals surface area (Å²) in [5, 5.41) is 3.70. The molecule has 5 heteroatoms. The molecule has 1 fully saturated rings. The number of halogens is 1. The van der Waals surface area contributed by atoms with Crippen LogP contribution in [0.1, 0.15) is 34.5 Å². The summed E-state index contributed by atoms with van der Waals surface area (Å²) in [7, 11) is 0. The van der Waals surface area contributed by atoms with Crippen molar-refractivity contribution in [1.82, 2.24) is 15.2 Å². The monoisotopic (exact) mass is 377 g/mol. The van der Waals surface area contributed by atoms with E-state index < -0.39 is 0 Å². The molecule has 28 heavy (non-hydrogen) atoms. The summed E-state index contributed by atoms with van der Waals surface area (Å²) in [6.45, 7) is 4.69. The van der Waals surface area contributed by atoms with Crippen molar-refractivity contribution in [3.05, 3.63) is 77.2 Å². The van der Waals surface area contributed by atoms with Gasteiger partial charge in [-0.1, -0.05) is 30.3 Å². The smallest absolute Gasteiger partial charge is 0.252 e. The third-order valence-corrected chi connectivity index (χ3v) is 5.32. The van der Waals surface area contributed by atoms with Gasteiger partial charge in [-0.15, -0.1) is 0 Å². The summed E-state index contributed by atoms with van der Waals surface area (Å²) < 4.78 is 13.7. The first kappa shape index (κ1) is 18.6. The zero-order valence-electron chi connectivity index (χ0n) is 16.0. The molecular formula is C23H24FN3O. The molecular weight excluding hydrogens is 353 g/mol. The van der Waals surface area contributed by atoms with Crippen molar-refractivity contribution < 1.29 is 9.18 Å². The molecule has 4 nitrogen and oxygen atoms in total. The van der Waals surface area contributed by atoms with Crippen molar-refractivity contribution in [3.8, 4) is 0 Å². The Morgan fingerprint density at radius 1 is 1.14 bits per heavy atom. The number of hydrogen-bond acceptors (Lipinski definition) is 3. The minimum absolute atomic E-state index is 0.136. The number of likely N-dealkylation sites (tertiary alicyclic amines) is 1. The number of nitrogens with one attached hydrogen (secondary N) is 1. The highest BCUT2D eigenvalue weighted by Gasteiger charge is 2.22. The lowest BCUT2D eigenvalue weighted by molar-refractivity contribution is 0.0910. The van der Waals surface area contributed by atoms with E-state index in [0.29, 0.717) is 16.5 Å². The Labute approximate surface area is 164 Å². The summed E-state index contributed by atoms with van der Waals surface area (Å²) >= 11 is 0. The van der Waals surface area contributed by atoms with E-state index >= 15 is 0 Å². The maximum atomic E-state index is 13.7. The number of piperidine rings is 1. The van der Waals surface area contributed by atoms with Gasteiger partial charge in [-0.05, 0) is 49.6 Å². The van der Waals surface area contributed by atoms with Crippen LogP contribution in [0.4, 0.5) is 4.39 Å². The summed E-state index contributed by atoms with van der Waals surface area (Å²) in [5.74, 6) is -0.510. The summed E-state index contributed by atoms with van der Waals surface area (Å²) in [6, 6.07) is 16.7. The first-order valence-electron chi connectivity index (χ1n) is 9.72. The van der Waals surface area contributed by atoms with Crippen LogP contribution < -0.4 is 5.32 Å². The van der Waals surface area contributed by atoms with E-state index in [-0.39, 0.29) is 17.8 Å². The number of amides is 1. The lowest BCUT2D eigenvalue weighted by Gasteiger charge is -2.32. The fourth-order valence-corrected chi connectivity index (χ4v) is 3.86. The zero-order chi connectivity index (χ0) is 19.5. The van der Waals surface area contributed by atoms with E-state index in [1.807, 2.05) is 13.0 Å². The lowest BCUT2D eigenvalue weighted by atomic mass is 10.0. The second-order valence-electron chi connectivity index (χ2n) is 7.48. The van der Waals surface area contributed by atoms with Gasteiger partial charge in [0.2, 0.25) is 0 Å². The third-order valence-electron chi connectivity index (χ3n) is 5.32. The lowest BCUT2D eigenvalue weighted by Crippen LogP contribution is -2.44. The first-order valence-corrected chi connectivity index (χ1v) is 9.72. The van der Waals surface area contributed by atoms with Gasteiger partial charge in [-0.3, -0.25) is 14.7 Å². The Bertz CT molecular complexity index is 982. The second-order valence-corrected chi connectivity index (χ2v) is 7.48. The van der Waals surface area contributed by atoms with Gasteiger partial charge < -0.3 is 5.32 Å². The molecule has 144 valence electrons. The Morgan fingerprint density at radius 3 is 2.64 bits per heavy atom. The van der Waals surface area contributed by atoms with E-state index in [4.69, 9.17) is 0 Å². The van der Waals surface area contributed by atoms with Gasteiger partial charge in [-0.25, -0.2) is 4.39 Å². The number of aryl methyl sites for hydroxylation is 1. The van der Waals surface area contributed by atoms with Crippen LogP contribution in [0.15, 0.2) is 54.6 Å². The minimum Gasteiger partial charge on any atom is -0.349 e. The first-order chi connectivity index (χ1) is 13.6. The van der Waals surface area contributed by atoms with E-state index in [2.05, 4.69) is 39.5 Å².